The smallest absolute Gasteiger partial charge is 0.294 e. The lowest BCUT2D eigenvalue weighted by Crippen LogP contribution is -2.22. The minimum Gasteiger partial charge on any atom is -0.507 e. The zero-order valence-corrected chi connectivity index (χ0v) is 56.7. The van der Waals surface area contributed by atoms with Gasteiger partial charge < -0.3 is 41.3 Å². The third kappa shape index (κ3) is 14.5. The molecule has 18 nitrogen and oxygen atoms in total. The summed E-state index contributed by atoms with van der Waals surface area (Å²) in [7, 11) is -10.1. The predicted octanol–water partition coefficient (Wildman–Crippen LogP) is 15.4. The van der Waals surface area contributed by atoms with Crippen molar-refractivity contribution >= 4 is 89.1 Å². The predicted molar refractivity (Wildman–Crippen MR) is 376 cm³/mol. The number of nitrogens with zero attached hydrogens (tertiary/aromatic N) is 2. The normalized spacial score (nSPS) is 11.5. The lowest BCUT2D eigenvalue weighted by atomic mass is 9.83. The van der Waals surface area contributed by atoms with Gasteiger partial charge in [0.2, 0.25) is 0 Å². The van der Waals surface area contributed by atoms with Crippen molar-refractivity contribution in [2.24, 2.45) is 0 Å². The van der Waals surface area contributed by atoms with Crippen molar-refractivity contribution in [1.82, 2.24) is 0 Å². The summed E-state index contributed by atoms with van der Waals surface area (Å²) in [6, 6.07) is 40.3. The maximum absolute atomic E-state index is 14.3. The molecule has 95 heavy (non-hydrogen) atoms. The molecule has 0 spiro atoms. The summed E-state index contributed by atoms with van der Waals surface area (Å²) in [5, 5.41) is 35.3. The zero-order chi connectivity index (χ0) is 69.1. The average molecular weight is 1320 g/mol. The second-order valence-corrected chi connectivity index (χ2v) is 26.5. The third-order valence-corrected chi connectivity index (χ3v) is 19.3. The first kappa shape index (κ1) is 69.2. The van der Waals surface area contributed by atoms with E-state index in [1.165, 1.54) is 6.07 Å². The molecule has 9 aromatic carbocycles. The van der Waals surface area contributed by atoms with E-state index < -0.39 is 59.3 Å². The van der Waals surface area contributed by atoms with Crippen molar-refractivity contribution in [2.45, 2.75) is 98.8 Å². The molecular weight excluding hydrogens is 1240 g/mol. The molecule has 20 heteroatoms. The van der Waals surface area contributed by atoms with Crippen LogP contribution in [0.3, 0.4) is 0 Å². The zero-order valence-electron chi connectivity index (χ0n) is 55.1. The van der Waals surface area contributed by atoms with Gasteiger partial charge in [0, 0.05) is 101 Å². The first-order valence-corrected chi connectivity index (χ1v) is 34.0. The summed E-state index contributed by atoms with van der Waals surface area (Å²) < 4.78 is 72.5. The fraction of sp³-hybridized carbons (Fsp3) is 0.227. The number of hydrogen-bond acceptors (Lipinski definition) is 14. The maximum Gasteiger partial charge on any atom is 0.294 e. The average Bonchev–Trinajstić information content (AvgIpc) is 0.769. The van der Waals surface area contributed by atoms with Crippen molar-refractivity contribution in [3.05, 3.63) is 246 Å². The molecule has 9 aromatic rings. The standard InChI is InChI=1S/C75H78N6O12S2/c1-13-80(14-2)52-27-30-59(64(82)39-52)72(84)55-21-17-19-23-57(55)74(86)78-70-46(9)35-44(7)68(48(70)11)76-62-33-25-50(37-42(62)5)67(61-32-29-54(94(88,89)90)41-66(61)95(91,92)93)51-26-34-63(43(6)38-51)77-69-45(8)36-47(10)71(49(69)12)79-75(87)58-24-20-18-22-56(58)73(85)60-31-28-53(40-65(60)83)81(15-3)16-4/h17-41,67,76-77,82-83H,13-16H2,1-12H3,(H,78,86)(H,79,87)(H,88,89,90)(H,91,92,93). The number of carbonyl (C=O) groups excluding carboxylic acids is 4. The molecule has 9 rings (SSSR count). The van der Waals surface area contributed by atoms with Crippen LogP contribution in [-0.4, -0.2) is 85.7 Å². The van der Waals surface area contributed by atoms with Gasteiger partial charge in [0.25, 0.3) is 32.1 Å². The quantitative estimate of drug-likeness (QED) is 0.0168. The molecule has 0 bridgehead atoms. The van der Waals surface area contributed by atoms with Crippen molar-refractivity contribution < 1.29 is 55.3 Å². The van der Waals surface area contributed by atoms with Crippen LogP contribution in [0, 0.1) is 55.4 Å². The van der Waals surface area contributed by atoms with Crippen LogP contribution in [0.15, 0.2) is 161 Å². The highest BCUT2D eigenvalue weighted by Gasteiger charge is 2.30. The van der Waals surface area contributed by atoms with E-state index in [2.05, 4.69) is 21.3 Å². The summed E-state index contributed by atoms with van der Waals surface area (Å²) in [5.41, 5.74) is 12.5. The van der Waals surface area contributed by atoms with Gasteiger partial charge in [-0.1, -0.05) is 78.9 Å². The summed E-state index contributed by atoms with van der Waals surface area (Å²) in [4.78, 5) is 59.4. The van der Waals surface area contributed by atoms with Gasteiger partial charge in [0.05, 0.1) is 32.0 Å². The molecule has 0 aromatic heterocycles. The molecule has 0 heterocycles. The summed E-state index contributed by atoms with van der Waals surface area (Å²) >= 11 is 0. The number of carbonyl (C=O) groups is 4. The molecule has 0 saturated heterocycles. The number of amides is 2. The Morgan fingerprint density at radius 1 is 0.411 bits per heavy atom. The van der Waals surface area contributed by atoms with E-state index in [0.717, 1.165) is 45.8 Å². The van der Waals surface area contributed by atoms with Crippen molar-refractivity contribution in [2.75, 3.05) is 57.2 Å². The largest absolute Gasteiger partial charge is 0.507 e. The van der Waals surface area contributed by atoms with Crippen LogP contribution < -0.4 is 31.1 Å². The molecule has 0 radical (unpaired) electrons. The Bertz CT molecular complexity index is 4540. The molecule has 0 saturated carbocycles. The van der Waals surface area contributed by atoms with Crippen LogP contribution in [0.4, 0.5) is 45.5 Å². The Balaban J connectivity index is 1.02. The number of rotatable bonds is 23. The molecule has 0 fully saturated rings. The van der Waals surface area contributed by atoms with Gasteiger partial charge in [-0.2, -0.15) is 16.8 Å². The summed E-state index contributed by atoms with van der Waals surface area (Å²) in [5.74, 6) is -3.54. The highest BCUT2D eigenvalue weighted by Crippen LogP contribution is 2.43. The summed E-state index contributed by atoms with van der Waals surface area (Å²) in [6.07, 6.45) is 0. The molecule has 8 N–H and O–H groups in total. The second kappa shape index (κ2) is 28.2. The van der Waals surface area contributed by atoms with Crippen molar-refractivity contribution in [3.63, 3.8) is 0 Å². The van der Waals surface area contributed by atoms with Crippen LogP contribution in [0.5, 0.6) is 11.5 Å². The first-order valence-electron chi connectivity index (χ1n) is 31.1. The van der Waals surface area contributed by atoms with Crippen LogP contribution in [0.2, 0.25) is 0 Å². The van der Waals surface area contributed by atoms with E-state index >= 15 is 0 Å². The van der Waals surface area contributed by atoms with E-state index in [4.69, 9.17) is 0 Å². The van der Waals surface area contributed by atoms with Gasteiger partial charge in [0.1, 0.15) is 11.5 Å². The molecule has 0 unspecified atom stereocenters. The molecule has 0 aliphatic carbocycles. The van der Waals surface area contributed by atoms with Gasteiger partial charge in [-0.3, -0.25) is 28.3 Å². The Hall–Kier alpha value is -10.1. The number of phenols is 2. The Morgan fingerprint density at radius 3 is 1.14 bits per heavy atom. The molecule has 492 valence electrons. The molecule has 0 aliphatic rings. The number of benzene rings is 9. The fourth-order valence-corrected chi connectivity index (χ4v) is 13.9. The van der Waals surface area contributed by atoms with Gasteiger partial charge >= 0.3 is 0 Å². The SMILES string of the molecule is CCN(CC)c1ccc(C(=O)c2ccccc2C(=O)Nc2c(C)cc(C)c(Nc3ccc(C(c4ccc(Nc5c(C)cc(C)c(NC(=O)c6ccccc6C(=O)c6ccc(N(CC)CC)cc6O)c5C)c(C)c4)c4ccc(S(=O)(=O)O)cc4S(=O)(=O)O)cc3C)c2C)c(O)c1. The van der Waals surface area contributed by atoms with Gasteiger partial charge in [-0.05, 0) is 205 Å². The highest BCUT2D eigenvalue weighted by atomic mass is 32.2. The summed E-state index contributed by atoms with van der Waals surface area (Å²) in [6.45, 7) is 25.7. The second-order valence-electron chi connectivity index (χ2n) is 23.7. The Morgan fingerprint density at radius 2 is 0.789 bits per heavy atom. The minimum atomic E-state index is -5.15. The van der Waals surface area contributed by atoms with E-state index in [1.54, 1.807) is 109 Å². The van der Waals surface area contributed by atoms with Crippen LogP contribution in [0.1, 0.15) is 147 Å². The number of phenolic OH excluding ortho intramolecular Hbond substituents is 2. The van der Waals surface area contributed by atoms with Gasteiger partial charge in [0.15, 0.2) is 11.6 Å². The van der Waals surface area contributed by atoms with E-state index in [0.29, 0.717) is 93.7 Å². The number of aryl methyl sites for hydroxylation is 6. The van der Waals surface area contributed by atoms with Crippen molar-refractivity contribution in [3.8, 4) is 11.5 Å². The van der Waals surface area contributed by atoms with Crippen LogP contribution >= 0.6 is 0 Å². The van der Waals surface area contributed by atoms with E-state index in [9.17, 15) is 55.3 Å². The maximum atomic E-state index is 14.3. The molecule has 0 aliphatic heterocycles. The fourth-order valence-electron chi connectivity index (χ4n) is 12.5. The van der Waals surface area contributed by atoms with Gasteiger partial charge in [-0.15, -0.1) is 0 Å². The molecule has 2 amide bonds. The van der Waals surface area contributed by atoms with Gasteiger partial charge in [-0.25, -0.2) is 0 Å². The lowest BCUT2D eigenvalue weighted by molar-refractivity contribution is 0.0995. The number of ketones is 2. The first-order chi connectivity index (χ1) is 45.0. The number of nitrogens with one attached hydrogen (secondary N) is 4. The number of anilines is 8. The Kier molecular flexibility index (Phi) is 20.6. The monoisotopic (exact) mass is 1320 g/mol. The lowest BCUT2D eigenvalue weighted by Gasteiger charge is -2.25. The highest BCUT2D eigenvalue weighted by molar-refractivity contribution is 7.86. The third-order valence-electron chi connectivity index (χ3n) is 17.5. The number of hydrogen-bond donors (Lipinski definition) is 8. The molecular formula is C75H78N6O12S2. The topological polar surface area (TPSA) is 272 Å². The Labute approximate surface area is 555 Å². The van der Waals surface area contributed by atoms with E-state index in [-0.39, 0.29) is 50.4 Å². The minimum absolute atomic E-state index is 0.00197. The van der Waals surface area contributed by atoms with Crippen LogP contribution in [-0.2, 0) is 20.2 Å². The van der Waals surface area contributed by atoms with Crippen molar-refractivity contribution in [1.29, 1.82) is 0 Å². The molecule has 0 atom stereocenters. The van der Waals surface area contributed by atoms with E-state index in [1.807, 2.05) is 117 Å². The van der Waals surface area contributed by atoms with Crippen LogP contribution in [0.25, 0.3) is 0 Å². The number of aromatic hydroxyl groups is 2.